The van der Waals surface area contributed by atoms with Crippen molar-refractivity contribution in [1.29, 1.82) is 5.26 Å². The monoisotopic (exact) mass is 303 g/mol. The molecule has 0 aliphatic carbocycles. The van der Waals surface area contributed by atoms with Crippen molar-refractivity contribution in [2.75, 3.05) is 13.1 Å². The van der Waals surface area contributed by atoms with Gasteiger partial charge in [-0.05, 0) is 6.42 Å². The van der Waals surface area contributed by atoms with E-state index in [2.05, 4.69) is 26.0 Å². The molecule has 2 aliphatic rings. The largest absolute Gasteiger partial charge is 0.333 e. The summed E-state index contributed by atoms with van der Waals surface area (Å²) in [6.07, 6.45) is 3.65. The first-order valence-corrected chi connectivity index (χ1v) is 5.49. The van der Waals surface area contributed by atoms with E-state index in [9.17, 15) is 4.79 Å². The van der Waals surface area contributed by atoms with Gasteiger partial charge in [0, 0.05) is 48.1 Å². The summed E-state index contributed by atoms with van der Waals surface area (Å²) >= 11 is 2.31. The Morgan fingerprint density at radius 2 is 2.36 bits per heavy atom. The Morgan fingerprint density at radius 3 is 3.00 bits per heavy atom. The smallest absolute Gasteiger partial charge is 0.247 e. The maximum atomic E-state index is 11.5. The molecule has 0 aromatic rings. The third-order valence-corrected chi connectivity index (χ3v) is 4.01. The number of carbonyl (C=O) groups excluding carboxylic acids is 1. The average Bonchev–Trinajstić information content (AvgIpc) is 2.38. The summed E-state index contributed by atoms with van der Waals surface area (Å²) in [6, 6.07) is 2.74. The second-order valence-electron chi connectivity index (χ2n) is 3.50. The van der Waals surface area contributed by atoms with E-state index in [1.165, 1.54) is 12.2 Å². The standard InChI is InChI=1S/C9H10IN3O/c10-13-5-3-7-8(13)6-12(7)9(14)2-1-4-11/h1-2,7-8H,3,5-6H2/b2-1+. The second kappa shape index (κ2) is 3.87. The molecule has 0 aromatic heterocycles. The second-order valence-corrected chi connectivity index (χ2v) is 4.74. The molecule has 74 valence electrons. The maximum absolute atomic E-state index is 11.5. The minimum absolute atomic E-state index is 0.0282. The van der Waals surface area contributed by atoms with Crippen LogP contribution in [-0.4, -0.2) is 39.1 Å². The van der Waals surface area contributed by atoms with Crippen LogP contribution in [0.1, 0.15) is 6.42 Å². The van der Waals surface area contributed by atoms with Gasteiger partial charge in [-0.15, -0.1) is 0 Å². The van der Waals surface area contributed by atoms with Crippen LogP contribution in [0.3, 0.4) is 0 Å². The predicted octanol–water partition coefficient (Wildman–Crippen LogP) is 0.701. The molecule has 0 radical (unpaired) electrons. The number of hydrogen-bond acceptors (Lipinski definition) is 3. The molecule has 2 heterocycles. The third-order valence-electron chi connectivity index (χ3n) is 2.81. The lowest BCUT2D eigenvalue weighted by atomic mass is 9.98. The number of halogens is 1. The lowest BCUT2D eigenvalue weighted by Gasteiger charge is -2.45. The van der Waals surface area contributed by atoms with E-state index in [1.54, 1.807) is 0 Å². The number of nitrogens with zero attached hydrogens (tertiary/aromatic N) is 3. The van der Waals surface area contributed by atoms with Crippen LogP contribution in [0.15, 0.2) is 12.2 Å². The molecule has 0 bridgehead atoms. The Balaban J connectivity index is 1.95. The first kappa shape index (κ1) is 9.93. The van der Waals surface area contributed by atoms with Crippen molar-refractivity contribution >= 4 is 28.8 Å². The van der Waals surface area contributed by atoms with E-state index in [0.717, 1.165) is 19.5 Å². The van der Waals surface area contributed by atoms with Crippen LogP contribution in [0.25, 0.3) is 0 Å². The highest BCUT2D eigenvalue weighted by molar-refractivity contribution is 14.1. The van der Waals surface area contributed by atoms with Crippen molar-refractivity contribution < 1.29 is 4.79 Å². The lowest BCUT2D eigenvalue weighted by Crippen LogP contribution is -2.61. The molecule has 0 N–H and O–H groups in total. The van der Waals surface area contributed by atoms with Crippen molar-refractivity contribution in [3.63, 3.8) is 0 Å². The molecule has 2 atom stereocenters. The van der Waals surface area contributed by atoms with Crippen molar-refractivity contribution in [2.45, 2.75) is 18.5 Å². The van der Waals surface area contributed by atoms with E-state index in [4.69, 9.17) is 5.26 Å². The normalized spacial score (nSPS) is 31.3. The molecule has 2 fully saturated rings. The van der Waals surface area contributed by atoms with Crippen LogP contribution in [0.4, 0.5) is 0 Å². The molecule has 1 amide bonds. The number of hydrogen-bond donors (Lipinski definition) is 0. The number of likely N-dealkylation sites (tertiary alicyclic amines) is 1. The number of fused-ring (bicyclic) bond motifs is 1. The first-order valence-electron chi connectivity index (χ1n) is 4.53. The molecule has 0 aromatic carbocycles. The van der Waals surface area contributed by atoms with Crippen LogP contribution >= 0.6 is 22.9 Å². The Hall–Kier alpha value is -0.610. The first-order chi connectivity index (χ1) is 6.74. The molecule has 0 saturated carbocycles. The zero-order chi connectivity index (χ0) is 10.1. The Morgan fingerprint density at radius 1 is 1.57 bits per heavy atom. The number of carbonyl (C=O) groups is 1. The molecule has 2 saturated heterocycles. The van der Waals surface area contributed by atoms with Gasteiger partial charge in [0.25, 0.3) is 0 Å². The van der Waals surface area contributed by atoms with Gasteiger partial charge in [-0.1, -0.05) is 0 Å². The summed E-state index contributed by atoms with van der Waals surface area (Å²) in [5.74, 6) is -0.0282. The number of rotatable bonds is 1. The SMILES string of the molecule is N#C/C=C/C(=O)N1CC2C1CCN2I. The Bertz CT molecular complexity index is 323. The van der Waals surface area contributed by atoms with Gasteiger partial charge in [-0.25, -0.2) is 3.11 Å². The fourth-order valence-corrected chi connectivity index (χ4v) is 2.86. The van der Waals surface area contributed by atoms with Crippen molar-refractivity contribution in [2.24, 2.45) is 0 Å². The van der Waals surface area contributed by atoms with Gasteiger partial charge in [-0.2, -0.15) is 5.26 Å². The quantitative estimate of drug-likeness (QED) is 0.310. The summed E-state index contributed by atoms with van der Waals surface area (Å²) in [5.41, 5.74) is 0. The fraction of sp³-hybridized carbons (Fsp3) is 0.556. The predicted molar refractivity (Wildman–Crippen MR) is 59.4 cm³/mol. The average molecular weight is 303 g/mol. The fourth-order valence-electron chi connectivity index (χ4n) is 2.03. The minimum atomic E-state index is -0.0282. The van der Waals surface area contributed by atoms with Crippen LogP contribution < -0.4 is 0 Å². The van der Waals surface area contributed by atoms with Crippen molar-refractivity contribution in [3.8, 4) is 6.07 Å². The molecule has 2 rings (SSSR count). The maximum Gasteiger partial charge on any atom is 0.247 e. The lowest BCUT2D eigenvalue weighted by molar-refractivity contribution is -0.134. The molecule has 0 spiro atoms. The molecule has 4 nitrogen and oxygen atoms in total. The van der Waals surface area contributed by atoms with Crippen LogP contribution in [-0.2, 0) is 4.79 Å². The molecular formula is C9H10IN3O. The summed E-state index contributed by atoms with van der Waals surface area (Å²) in [5, 5.41) is 8.30. The molecule has 2 unspecified atom stereocenters. The van der Waals surface area contributed by atoms with Crippen molar-refractivity contribution in [1.82, 2.24) is 8.01 Å². The Labute approximate surface area is 96.6 Å². The van der Waals surface area contributed by atoms with Gasteiger partial charge >= 0.3 is 0 Å². The molecule has 14 heavy (non-hydrogen) atoms. The number of nitriles is 1. The van der Waals surface area contributed by atoms with Gasteiger partial charge in [-0.3, -0.25) is 4.79 Å². The van der Waals surface area contributed by atoms with Crippen LogP contribution in [0.2, 0.25) is 0 Å². The Kier molecular flexibility index (Phi) is 2.74. The zero-order valence-corrected chi connectivity index (χ0v) is 9.72. The van der Waals surface area contributed by atoms with Crippen LogP contribution in [0, 0.1) is 11.3 Å². The van der Waals surface area contributed by atoms with E-state index in [-0.39, 0.29) is 5.91 Å². The highest BCUT2D eigenvalue weighted by Crippen LogP contribution is 2.34. The van der Waals surface area contributed by atoms with Crippen molar-refractivity contribution in [3.05, 3.63) is 12.2 Å². The van der Waals surface area contributed by atoms with Gasteiger partial charge in [0.1, 0.15) is 0 Å². The van der Waals surface area contributed by atoms with Gasteiger partial charge in [0.15, 0.2) is 0 Å². The third kappa shape index (κ3) is 1.53. The zero-order valence-electron chi connectivity index (χ0n) is 7.56. The van der Waals surface area contributed by atoms with Gasteiger partial charge in [0.2, 0.25) is 5.91 Å². The van der Waals surface area contributed by atoms with E-state index in [0.29, 0.717) is 12.1 Å². The highest BCUT2D eigenvalue weighted by Gasteiger charge is 2.47. The van der Waals surface area contributed by atoms with Gasteiger partial charge in [0.05, 0.1) is 18.2 Å². The number of allylic oxidation sites excluding steroid dienone is 1. The molecule has 5 heteroatoms. The molecule has 2 aliphatic heterocycles. The topological polar surface area (TPSA) is 47.3 Å². The molecular weight excluding hydrogens is 293 g/mol. The van der Waals surface area contributed by atoms with E-state index < -0.39 is 0 Å². The summed E-state index contributed by atoms with van der Waals surface area (Å²) in [6.45, 7) is 1.86. The van der Waals surface area contributed by atoms with E-state index in [1.807, 2.05) is 11.0 Å². The van der Waals surface area contributed by atoms with E-state index >= 15 is 0 Å². The van der Waals surface area contributed by atoms with Crippen LogP contribution in [0.5, 0.6) is 0 Å². The van der Waals surface area contributed by atoms with Gasteiger partial charge < -0.3 is 4.90 Å². The summed E-state index contributed by atoms with van der Waals surface area (Å²) < 4.78 is 2.26. The summed E-state index contributed by atoms with van der Waals surface area (Å²) in [7, 11) is 0. The minimum Gasteiger partial charge on any atom is -0.333 e. The number of amides is 1. The summed E-state index contributed by atoms with van der Waals surface area (Å²) in [4.78, 5) is 13.3. The highest BCUT2D eigenvalue weighted by atomic mass is 127.